The van der Waals surface area contributed by atoms with Crippen LogP contribution in [0, 0.1) is 0 Å². The largest absolute Gasteiger partial charge is 0.340 e. The molecule has 0 saturated carbocycles. The monoisotopic (exact) mass is 202 g/mol. The summed E-state index contributed by atoms with van der Waals surface area (Å²) in [6.07, 6.45) is 8.06. The molecule has 0 aliphatic rings. The molecule has 2 rings (SSSR count). The topological polar surface area (TPSA) is 56.7 Å². The van der Waals surface area contributed by atoms with E-state index in [0.29, 0.717) is 0 Å². The molecule has 2 aromatic heterocycles. The van der Waals surface area contributed by atoms with Crippen molar-refractivity contribution < 1.29 is 0 Å². The van der Waals surface area contributed by atoms with Crippen LogP contribution in [0.15, 0.2) is 37.1 Å². The Morgan fingerprint density at radius 1 is 1.40 bits per heavy atom. The maximum atomic E-state index is 6.04. The summed E-state index contributed by atoms with van der Waals surface area (Å²) in [4.78, 5) is 8.20. The molecule has 0 amide bonds. The minimum Gasteiger partial charge on any atom is -0.340 e. The van der Waals surface area contributed by atoms with Crippen LogP contribution >= 0.6 is 0 Å². The molecule has 4 heteroatoms. The van der Waals surface area contributed by atoms with E-state index in [-0.39, 0.29) is 6.04 Å². The standard InChI is InChI=1S/C11H14N4/c1-15-7-11(14-8-15)10(12)6-9-2-4-13-5-3-9/h2-5,7-8,10H,6,12H2,1H3. The van der Waals surface area contributed by atoms with Crippen molar-refractivity contribution in [2.24, 2.45) is 12.8 Å². The number of aromatic nitrogens is 3. The van der Waals surface area contributed by atoms with Crippen LogP contribution in [0.25, 0.3) is 0 Å². The van der Waals surface area contributed by atoms with Gasteiger partial charge in [-0.3, -0.25) is 4.98 Å². The third-order valence-corrected chi connectivity index (χ3v) is 2.31. The number of aryl methyl sites for hydroxylation is 1. The summed E-state index contributed by atoms with van der Waals surface area (Å²) in [5.41, 5.74) is 8.15. The van der Waals surface area contributed by atoms with Crippen LogP contribution in [-0.2, 0) is 13.5 Å². The zero-order valence-electron chi connectivity index (χ0n) is 8.67. The minimum absolute atomic E-state index is 0.0476. The zero-order valence-corrected chi connectivity index (χ0v) is 8.67. The number of nitrogens with zero attached hydrogens (tertiary/aromatic N) is 3. The van der Waals surface area contributed by atoms with Gasteiger partial charge >= 0.3 is 0 Å². The third kappa shape index (κ3) is 2.41. The Morgan fingerprint density at radius 2 is 2.13 bits per heavy atom. The first-order chi connectivity index (χ1) is 7.25. The highest BCUT2D eigenvalue weighted by Gasteiger charge is 2.09. The van der Waals surface area contributed by atoms with Crippen molar-refractivity contribution in [3.05, 3.63) is 48.3 Å². The van der Waals surface area contributed by atoms with Crippen LogP contribution in [0.4, 0.5) is 0 Å². The zero-order chi connectivity index (χ0) is 10.7. The van der Waals surface area contributed by atoms with Gasteiger partial charge in [-0.1, -0.05) is 0 Å². The number of imidazole rings is 1. The maximum absolute atomic E-state index is 6.04. The van der Waals surface area contributed by atoms with Crippen LogP contribution in [0.5, 0.6) is 0 Å². The molecule has 0 bridgehead atoms. The fraction of sp³-hybridized carbons (Fsp3) is 0.273. The van der Waals surface area contributed by atoms with Gasteiger partial charge in [-0.05, 0) is 24.1 Å². The van der Waals surface area contributed by atoms with Crippen LogP contribution in [0.3, 0.4) is 0 Å². The molecule has 0 spiro atoms. The highest BCUT2D eigenvalue weighted by Crippen LogP contribution is 2.12. The lowest BCUT2D eigenvalue weighted by molar-refractivity contribution is 0.699. The van der Waals surface area contributed by atoms with E-state index in [9.17, 15) is 0 Å². The van der Waals surface area contributed by atoms with Gasteiger partial charge in [0.25, 0.3) is 0 Å². The van der Waals surface area contributed by atoms with Crippen molar-refractivity contribution in [2.45, 2.75) is 12.5 Å². The lowest BCUT2D eigenvalue weighted by Crippen LogP contribution is -2.13. The van der Waals surface area contributed by atoms with Gasteiger partial charge in [-0.15, -0.1) is 0 Å². The number of hydrogen-bond acceptors (Lipinski definition) is 3. The van der Waals surface area contributed by atoms with E-state index in [0.717, 1.165) is 12.1 Å². The summed E-state index contributed by atoms with van der Waals surface area (Å²) < 4.78 is 1.90. The molecule has 0 fully saturated rings. The summed E-state index contributed by atoms with van der Waals surface area (Å²) in [7, 11) is 1.94. The van der Waals surface area contributed by atoms with E-state index < -0.39 is 0 Å². The van der Waals surface area contributed by atoms with Gasteiger partial charge in [0.2, 0.25) is 0 Å². The van der Waals surface area contributed by atoms with Gasteiger partial charge in [0, 0.05) is 25.6 Å². The SMILES string of the molecule is Cn1cnc(C(N)Cc2ccncc2)c1. The number of pyridine rings is 1. The normalized spacial score (nSPS) is 12.7. The Balaban J connectivity index is 2.07. The van der Waals surface area contributed by atoms with Gasteiger partial charge in [0.1, 0.15) is 0 Å². The van der Waals surface area contributed by atoms with Crippen molar-refractivity contribution >= 4 is 0 Å². The summed E-state index contributed by atoms with van der Waals surface area (Å²) in [6.45, 7) is 0. The molecular formula is C11H14N4. The van der Waals surface area contributed by atoms with Crippen molar-refractivity contribution in [2.75, 3.05) is 0 Å². The summed E-state index contributed by atoms with van der Waals surface area (Å²) in [5.74, 6) is 0. The highest BCUT2D eigenvalue weighted by atomic mass is 15.0. The van der Waals surface area contributed by atoms with E-state index in [1.807, 2.05) is 29.9 Å². The highest BCUT2D eigenvalue weighted by molar-refractivity contribution is 5.15. The van der Waals surface area contributed by atoms with E-state index in [4.69, 9.17) is 5.73 Å². The molecule has 0 aliphatic carbocycles. The van der Waals surface area contributed by atoms with E-state index in [2.05, 4.69) is 9.97 Å². The molecular weight excluding hydrogens is 188 g/mol. The van der Waals surface area contributed by atoms with Gasteiger partial charge < -0.3 is 10.3 Å². The Kier molecular flexibility index (Phi) is 2.78. The second kappa shape index (κ2) is 4.23. The molecule has 1 unspecified atom stereocenters. The minimum atomic E-state index is -0.0476. The Labute approximate surface area is 88.8 Å². The van der Waals surface area contributed by atoms with Crippen LogP contribution < -0.4 is 5.73 Å². The second-order valence-corrected chi connectivity index (χ2v) is 3.63. The van der Waals surface area contributed by atoms with Gasteiger partial charge in [-0.25, -0.2) is 4.98 Å². The van der Waals surface area contributed by atoms with Gasteiger partial charge in [0.05, 0.1) is 18.1 Å². The molecule has 2 aromatic rings. The molecule has 2 N–H and O–H groups in total. The quantitative estimate of drug-likeness (QED) is 0.809. The summed E-state index contributed by atoms with van der Waals surface area (Å²) >= 11 is 0. The lowest BCUT2D eigenvalue weighted by Gasteiger charge is -2.08. The predicted octanol–water partition coefficient (Wildman–Crippen LogP) is 1.06. The van der Waals surface area contributed by atoms with E-state index >= 15 is 0 Å². The molecule has 4 nitrogen and oxygen atoms in total. The average Bonchev–Trinajstić information content (AvgIpc) is 2.66. The molecule has 0 saturated heterocycles. The first-order valence-corrected chi connectivity index (χ1v) is 4.88. The van der Waals surface area contributed by atoms with Crippen LogP contribution in [-0.4, -0.2) is 14.5 Å². The number of nitrogens with two attached hydrogens (primary N) is 1. The fourth-order valence-corrected chi connectivity index (χ4v) is 1.50. The van der Waals surface area contributed by atoms with E-state index in [1.165, 1.54) is 5.56 Å². The number of rotatable bonds is 3. The van der Waals surface area contributed by atoms with Gasteiger partial charge in [-0.2, -0.15) is 0 Å². The molecule has 0 radical (unpaired) electrons. The Hall–Kier alpha value is -1.68. The van der Waals surface area contributed by atoms with Crippen molar-refractivity contribution in [3.8, 4) is 0 Å². The Morgan fingerprint density at radius 3 is 2.73 bits per heavy atom. The van der Waals surface area contributed by atoms with Crippen LogP contribution in [0.2, 0.25) is 0 Å². The van der Waals surface area contributed by atoms with Crippen molar-refractivity contribution in [1.82, 2.24) is 14.5 Å². The number of hydrogen-bond donors (Lipinski definition) is 1. The molecule has 2 heterocycles. The Bertz CT molecular complexity index is 421. The third-order valence-electron chi connectivity index (χ3n) is 2.31. The van der Waals surface area contributed by atoms with Crippen molar-refractivity contribution in [3.63, 3.8) is 0 Å². The summed E-state index contributed by atoms with van der Waals surface area (Å²) in [5, 5.41) is 0. The maximum Gasteiger partial charge on any atom is 0.0947 e. The average molecular weight is 202 g/mol. The van der Waals surface area contributed by atoms with Crippen molar-refractivity contribution in [1.29, 1.82) is 0 Å². The molecule has 1 atom stereocenters. The molecule has 15 heavy (non-hydrogen) atoms. The fourth-order valence-electron chi connectivity index (χ4n) is 1.50. The van der Waals surface area contributed by atoms with E-state index in [1.54, 1.807) is 18.7 Å². The molecule has 0 aliphatic heterocycles. The lowest BCUT2D eigenvalue weighted by atomic mass is 10.1. The smallest absolute Gasteiger partial charge is 0.0947 e. The van der Waals surface area contributed by atoms with Crippen LogP contribution in [0.1, 0.15) is 17.3 Å². The summed E-state index contributed by atoms with van der Waals surface area (Å²) in [6, 6.07) is 3.90. The second-order valence-electron chi connectivity index (χ2n) is 3.63. The first-order valence-electron chi connectivity index (χ1n) is 4.88. The molecule has 0 aromatic carbocycles. The van der Waals surface area contributed by atoms with Gasteiger partial charge in [0.15, 0.2) is 0 Å². The predicted molar refractivity (Wildman–Crippen MR) is 58.1 cm³/mol. The first kappa shape index (κ1) is 9.86. The molecule has 78 valence electrons.